The van der Waals surface area contributed by atoms with Crippen LogP contribution < -0.4 is 5.32 Å². The average Bonchev–Trinajstić information content (AvgIpc) is 2.37. The van der Waals surface area contributed by atoms with Crippen LogP contribution in [-0.2, 0) is 14.3 Å². The third kappa shape index (κ3) is 3.19. The number of methoxy groups -OCH3 is 2. The van der Waals surface area contributed by atoms with E-state index in [1.165, 1.54) is 14.2 Å². The molecule has 0 aromatic carbocycles. The Labute approximate surface area is 105 Å². The van der Waals surface area contributed by atoms with E-state index >= 15 is 0 Å². The lowest BCUT2D eigenvalue weighted by Gasteiger charge is -2.13. The number of aromatic nitrogens is 1. The van der Waals surface area contributed by atoms with Gasteiger partial charge < -0.3 is 14.8 Å². The molecule has 0 aliphatic rings. The number of nitrogens with zero attached hydrogens (tertiary/aromatic N) is 1. The number of nitrogens with one attached hydrogen (secondary N) is 1. The Morgan fingerprint density at radius 2 is 1.94 bits per heavy atom. The zero-order valence-electron chi connectivity index (χ0n) is 10.8. The third-order valence-corrected chi connectivity index (χ3v) is 2.41. The first-order valence-corrected chi connectivity index (χ1v) is 5.40. The molecule has 0 amide bonds. The molecular weight excluding hydrogens is 236 g/mol. The number of ether oxygens (including phenoxy) is 2. The number of carbonyl (C=O) groups is 2. The first-order chi connectivity index (χ1) is 8.49. The van der Waals surface area contributed by atoms with Gasteiger partial charge in [0.15, 0.2) is 0 Å². The largest absolute Gasteiger partial charge is 0.467 e. The van der Waals surface area contributed by atoms with Crippen LogP contribution >= 0.6 is 0 Å². The molecular formula is C12H16N2O4. The van der Waals surface area contributed by atoms with Crippen molar-refractivity contribution >= 4 is 17.8 Å². The van der Waals surface area contributed by atoms with E-state index in [1.807, 2.05) is 0 Å². The molecule has 0 saturated heterocycles. The quantitative estimate of drug-likeness (QED) is 0.810. The van der Waals surface area contributed by atoms with Gasteiger partial charge in [-0.2, -0.15) is 0 Å². The average molecular weight is 252 g/mol. The number of aryl methyl sites for hydroxylation is 1. The summed E-state index contributed by atoms with van der Waals surface area (Å²) in [6.45, 7) is 3.36. The molecule has 1 atom stereocenters. The topological polar surface area (TPSA) is 77.5 Å². The minimum atomic E-state index is -0.508. The maximum absolute atomic E-state index is 11.4. The number of rotatable bonds is 4. The van der Waals surface area contributed by atoms with E-state index < -0.39 is 12.0 Å². The van der Waals surface area contributed by atoms with Crippen molar-refractivity contribution in [3.05, 3.63) is 23.4 Å². The van der Waals surface area contributed by atoms with Gasteiger partial charge in [-0.15, -0.1) is 0 Å². The van der Waals surface area contributed by atoms with E-state index in [0.29, 0.717) is 17.1 Å². The molecule has 1 heterocycles. The first-order valence-electron chi connectivity index (χ1n) is 5.40. The third-order valence-electron chi connectivity index (χ3n) is 2.41. The number of anilines is 1. The fourth-order valence-corrected chi connectivity index (χ4v) is 1.42. The van der Waals surface area contributed by atoms with Gasteiger partial charge in [0.2, 0.25) is 0 Å². The molecule has 0 aliphatic carbocycles. The van der Waals surface area contributed by atoms with Gasteiger partial charge in [0.25, 0.3) is 0 Å². The lowest BCUT2D eigenvalue weighted by Crippen LogP contribution is -2.27. The smallest absolute Gasteiger partial charge is 0.339 e. The van der Waals surface area contributed by atoms with Crippen molar-refractivity contribution in [2.45, 2.75) is 19.9 Å². The highest BCUT2D eigenvalue weighted by atomic mass is 16.5. The van der Waals surface area contributed by atoms with Crippen molar-refractivity contribution in [2.24, 2.45) is 0 Å². The monoisotopic (exact) mass is 252 g/mol. The molecule has 1 rings (SSSR count). The summed E-state index contributed by atoms with van der Waals surface area (Å²) >= 11 is 0. The van der Waals surface area contributed by atoms with Crippen LogP contribution in [0.15, 0.2) is 12.1 Å². The van der Waals surface area contributed by atoms with Gasteiger partial charge in [-0.25, -0.2) is 14.6 Å². The summed E-state index contributed by atoms with van der Waals surface area (Å²) in [5, 5.41) is 2.88. The van der Waals surface area contributed by atoms with E-state index in [2.05, 4.69) is 19.8 Å². The highest BCUT2D eigenvalue weighted by Gasteiger charge is 2.15. The number of hydrogen-bond acceptors (Lipinski definition) is 6. The molecule has 0 radical (unpaired) electrons. The lowest BCUT2D eigenvalue weighted by atomic mass is 10.2. The number of carbonyl (C=O) groups excluding carboxylic acids is 2. The molecule has 1 unspecified atom stereocenters. The van der Waals surface area contributed by atoms with Crippen molar-refractivity contribution in [3.63, 3.8) is 0 Å². The van der Waals surface area contributed by atoms with E-state index in [0.717, 1.165) is 0 Å². The maximum atomic E-state index is 11.4. The maximum Gasteiger partial charge on any atom is 0.339 e. The summed E-state index contributed by atoms with van der Waals surface area (Å²) in [4.78, 5) is 26.8. The first kappa shape index (κ1) is 14.0. The fraction of sp³-hybridized carbons (Fsp3) is 0.417. The minimum absolute atomic E-state index is 0.383. The van der Waals surface area contributed by atoms with E-state index in [4.69, 9.17) is 0 Å². The lowest BCUT2D eigenvalue weighted by molar-refractivity contribution is -0.141. The molecule has 18 heavy (non-hydrogen) atoms. The second-order valence-electron chi connectivity index (χ2n) is 3.71. The predicted octanol–water partition coefficient (Wildman–Crippen LogP) is 1.15. The van der Waals surface area contributed by atoms with Crippen LogP contribution in [0.5, 0.6) is 0 Å². The number of esters is 2. The van der Waals surface area contributed by atoms with Crippen LogP contribution in [0, 0.1) is 6.92 Å². The second kappa shape index (κ2) is 6.00. The molecule has 0 bridgehead atoms. The Morgan fingerprint density at radius 3 is 2.44 bits per heavy atom. The second-order valence-corrected chi connectivity index (χ2v) is 3.71. The van der Waals surface area contributed by atoms with Crippen LogP contribution in [0.4, 0.5) is 5.82 Å². The van der Waals surface area contributed by atoms with Crippen molar-refractivity contribution in [3.8, 4) is 0 Å². The van der Waals surface area contributed by atoms with Crippen molar-refractivity contribution < 1.29 is 19.1 Å². The zero-order valence-corrected chi connectivity index (χ0v) is 10.8. The van der Waals surface area contributed by atoms with Crippen molar-refractivity contribution in [1.29, 1.82) is 0 Å². The Bertz CT molecular complexity index is 459. The molecule has 1 N–H and O–H groups in total. The SMILES string of the molecule is COC(=O)c1ccc(NC(C)C(=O)OC)nc1C. The summed E-state index contributed by atoms with van der Waals surface area (Å²) in [6.07, 6.45) is 0. The standard InChI is InChI=1S/C12H16N2O4/c1-7-9(12(16)18-4)5-6-10(13-7)14-8(2)11(15)17-3/h5-6,8H,1-4H3,(H,13,14). The predicted molar refractivity (Wildman–Crippen MR) is 65.4 cm³/mol. The van der Waals surface area contributed by atoms with Crippen LogP contribution in [0.3, 0.4) is 0 Å². The zero-order chi connectivity index (χ0) is 13.7. The summed E-state index contributed by atoms with van der Waals surface area (Å²) in [5.41, 5.74) is 0.928. The van der Waals surface area contributed by atoms with Gasteiger partial charge in [0.1, 0.15) is 11.9 Å². The molecule has 0 fully saturated rings. The molecule has 0 spiro atoms. The number of hydrogen-bond donors (Lipinski definition) is 1. The van der Waals surface area contributed by atoms with Gasteiger partial charge in [0, 0.05) is 0 Å². The highest BCUT2D eigenvalue weighted by Crippen LogP contribution is 2.12. The van der Waals surface area contributed by atoms with Crippen molar-refractivity contribution in [1.82, 2.24) is 4.98 Å². The van der Waals surface area contributed by atoms with E-state index in [9.17, 15) is 9.59 Å². The molecule has 1 aromatic rings. The summed E-state index contributed by atoms with van der Waals surface area (Å²) in [5.74, 6) is -0.322. The fourth-order valence-electron chi connectivity index (χ4n) is 1.42. The molecule has 0 aliphatic heterocycles. The molecule has 6 heteroatoms. The minimum Gasteiger partial charge on any atom is -0.467 e. The van der Waals surface area contributed by atoms with Gasteiger partial charge >= 0.3 is 11.9 Å². The molecule has 98 valence electrons. The summed E-state index contributed by atoms with van der Waals surface area (Å²) < 4.78 is 9.21. The van der Waals surface area contributed by atoms with Crippen LogP contribution in [-0.4, -0.2) is 37.2 Å². The van der Waals surface area contributed by atoms with Gasteiger partial charge in [0.05, 0.1) is 25.5 Å². The van der Waals surface area contributed by atoms with Crippen LogP contribution in [0.25, 0.3) is 0 Å². The van der Waals surface area contributed by atoms with Crippen LogP contribution in [0.1, 0.15) is 23.0 Å². The Kier molecular flexibility index (Phi) is 4.65. The normalized spacial score (nSPS) is 11.6. The molecule has 6 nitrogen and oxygen atoms in total. The van der Waals surface area contributed by atoms with Gasteiger partial charge in [-0.05, 0) is 26.0 Å². The van der Waals surface area contributed by atoms with E-state index in [1.54, 1.807) is 26.0 Å². The molecule has 0 saturated carbocycles. The molecule has 1 aromatic heterocycles. The number of pyridine rings is 1. The summed E-state index contributed by atoms with van der Waals surface area (Å²) in [6, 6.07) is 2.70. The van der Waals surface area contributed by atoms with Gasteiger partial charge in [-0.1, -0.05) is 0 Å². The Balaban J connectivity index is 2.85. The van der Waals surface area contributed by atoms with Crippen LogP contribution in [0.2, 0.25) is 0 Å². The van der Waals surface area contributed by atoms with Gasteiger partial charge in [-0.3, -0.25) is 0 Å². The van der Waals surface area contributed by atoms with E-state index in [-0.39, 0.29) is 5.97 Å². The van der Waals surface area contributed by atoms with Crippen molar-refractivity contribution in [2.75, 3.05) is 19.5 Å². The Morgan fingerprint density at radius 1 is 1.28 bits per heavy atom. The summed E-state index contributed by atoms with van der Waals surface area (Å²) in [7, 11) is 2.63. The Hall–Kier alpha value is -2.11. The highest BCUT2D eigenvalue weighted by molar-refractivity contribution is 5.90.